The van der Waals surface area contributed by atoms with Gasteiger partial charge in [0, 0.05) is 11.4 Å². The maximum atomic E-state index is 13.0. The van der Waals surface area contributed by atoms with Crippen LogP contribution >= 0.6 is 11.8 Å². The van der Waals surface area contributed by atoms with Crippen molar-refractivity contribution in [3.63, 3.8) is 0 Å². The van der Waals surface area contributed by atoms with Crippen LogP contribution in [0.1, 0.15) is 12.0 Å². The van der Waals surface area contributed by atoms with E-state index in [-0.39, 0.29) is 24.0 Å². The molecule has 2 nitrogen and oxygen atoms in total. The molecule has 0 aliphatic heterocycles. The summed E-state index contributed by atoms with van der Waals surface area (Å²) in [6.07, 6.45) is 1.000. The van der Waals surface area contributed by atoms with Crippen molar-refractivity contribution in [2.45, 2.75) is 17.7 Å². The number of amides is 1. The van der Waals surface area contributed by atoms with Crippen LogP contribution < -0.4 is 5.32 Å². The normalized spacial score (nSPS) is 10.5. The average molecular weight is 321 g/mol. The molecule has 0 aromatic heterocycles. The Morgan fingerprint density at radius 1 is 1.05 bits per heavy atom. The molecule has 1 N–H and O–H groups in total. The highest BCUT2D eigenvalue weighted by molar-refractivity contribution is 7.99. The van der Waals surface area contributed by atoms with E-state index in [1.54, 1.807) is 36.0 Å². The summed E-state index contributed by atoms with van der Waals surface area (Å²) in [6, 6.07) is 12.4. The SMILES string of the molecule is O=C(Cc1cccc(F)c1)NCCCSc1ccc(F)cc1. The Morgan fingerprint density at radius 2 is 1.82 bits per heavy atom. The van der Waals surface area contributed by atoms with Gasteiger partial charge in [-0.15, -0.1) is 11.8 Å². The molecule has 1 amide bonds. The number of benzene rings is 2. The van der Waals surface area contributed by atoms with Gasteiger partial charge in [-0.3, -0.25) is 4.79 Å². The van der Waals surface area contributed by atoms with E-state index in [1.165, 1.54) is 24.3 Å². The van der Waals surface area contributed by atoms with E-state index in [0.717, 1.165) is 17.1 Å². The van der Waals surface area contributed by atoms with E-state index in [2.05, 4.69) is 5.32 Å². The summed E-state index contributed by atoms with van der Waals surface area (Å²) < 4.78 is 25.7. The van der Waals surface area contributed by atoms with Gasteiger partial charge in [0.1, 0.15) is 11.6 Å². The molecule has 0 saturated carbocycles. The van der Waals surface area contributed by atoms with Crippen molar-refractivity contribution < 1.29 is 13.6 Å². The number of hydrogen-bond acceptors (Lipinski definition) is 2. The summed E-state index contributed by atoms with van der Waals surface area (Å²) in [5.74, 6) is 0.152. The number of thioether (sulfide) groups is 1. The Labute approximate surface area is 132 Å². The zero-order valence-corrected chi connectivity index (χ0v) is 12.8. The molecule has 0 aliphatic carbocycles. The molecule has 0 radical (unpaired) electrons. The van der Waals surface area contributed by atoms with Gasteiger partial charge in [-0.05, 0) is 54.1 Å². The highest BCUT2D eigenvalue weighted by Gasteiger charge is 2.03. The molecular weight excluding hydrogens is 304 g/mol. The lowest BCUT2D eigenvalue weighted by Gasteiger charge is -2.06. The molecule has 22 heavy (non-hydrogen) atoms. The van der Waals surface area contributed by atoms with E-state index in [4.69, 9.17) is 0 Å². The fourth-order valence-corrected chi connectivity index (χ4v) is 2.77. The number of halogens is 2. The Balaban J connectivity index is 1.62. The fourth-order valence-electron chi connectivity index (χ4n) is 1.92. The van der Waals surface area contributed by atoms with E-state index in [9.17, 15) is 13.6 Å². The molecule has 0 unspecified atom stereocenters. The maximum absolute atomic E-state index is 13.0. The lowest BCUT2D eigenvalue weighted by molar-refractivity contribution is -0.120. The molecule has 0 spiro atoms. The van der Waals surface area contributed by atoms with Gasteiger partial charge in [-0.2, -0.15) is 0 Å². The van der Waals surface area contributed by atoms with Crippen molar-refractivity contribution in [2.75, 3.05) is 12.3 Å². The van der Waals surface area contributed by atoms with Crippen molar-refractivity contribution in [1.82, 2.24) is 5.32 Å². The molecular formula is C17H17F2NOS. The largest absolute Gasteiger partial charge is 0.356 e. The van der Waals surface area contributed by atoms with Gasteiger partial charge >= 0.3 is 0 Å². The zero-order chi connectivity index (χ0) is 15.8. The second-order valence-electron chi connectivity index (χ2n) is 4.81. The summed E-state index contributed by atoms with van der Waals surface area (Å²) >= 11 is 1.62. The molecule has 0 aliphatic rings. The Bertz CT molecular complexity index is 616. The first kappa shape index (κ1) is 16.5. The minimum absolute atomic E-state index is 0.114. The summed E-state index contributed by atoms with van der Waals surface area (Å²) in [6.45, 7) is 0.572. The van der Waals surface area contributed by atoms with E-state index in [0.29, 0.717) is 12.1 Å². The summed E-state index contributed by atoms with van der Waals surface area (Å²) in [5, 5.41) is 2.81. The van der Waals surface area contributed by atoms with Crippen LogP contribution in [0.2, 0.25) is 0 Å². The predicted molar refractivity (Wildman–Crippen MR) is 84.9 cm³/mol. The van der Waals surface area contributed by atoms with Crippen LogP contribution in [0.25, 0.3) is 0 Å². The number of hydrogen-bond donors (Lipinski definition) is 1. The third-order valence-electron chi connectivity index (χ3n) is 2.98. The molecule has 116 valence electrons. The fraction of sp³-hybridized carbons (Fsp3) is 0.235. The van der Waals surface area contributed by atoms with Crippen LogP contribution in [0, 0.1) is 11.6 Å². The van der Waals surface area contributed by atoms with Crippen LogP contribution in [-0.2, 0) is 11.2 Å². The summed E-state index contributed by atoms with van der Waals surface area (Å²) in [5.41, 5.74) is 0.665. The molecule has 2 aromatic carbocycles. The molecule has 2 aromatic rings. The molecule has 2 rings (SSSR count). The van der Waals surface area contributed by atoms with Gasteiger partial charge in [0.25, 0.3) is 0 Å². The summed E-state index contributed by atoms with van der Waals surface area (Å²) in [7, 11) is 0. The van der Waals surface area contributed by atoms with E-state index < -0.39 is 0 Å². The van der Waals surface area contributed by atoms with Crippen molar-refractivity contribution in [3.8, 4) is 0 Å². The smallest absolute Gasteiger partial charge is 0.224 e. The second kappa shape index (κ2) is 8.54. The molecule has 0 heterocycles. The number of nitrogens with one attached hydrogen (secondary N) is 1. The van der Waals surface area contributed by atoms with Crippen LogP contribution in [0.15, 0.2) is 53.4 Å². The van der Waals surface area contributed by atoms with Gasteiger partial charge in [0.05, 0.1) is 6.42 Å². The Morgan fingerprint density at radius 3 is 2.55 bits per heavy atom. The van der Waals surface area contributed by atoms with Crippen LogP contribution in [0.5, 0.6) is 0 Å². The zero-order valence-electron chi connectivity index (χ0n) is 12.0. The van der Waals surface area contributed by atoms with Crippen molar-refractivity contribution >= 4 is 17.7 Å². The van der Waals surface area contributed by atoms with Gasteiger partial charge in [-0.25, -0.2) is 8.78 Å². The minimum Gasteiger partial charge on any atom is -0.356 e. The first-order valence-corrected chi connectivity index (χ1v) is 8.01. The highest BCUT2D eigenvalue weighted by Crippen LogP contribution is 2.18. The highest BCUT2D eigenvalue weighted by atomic mass is 32.2. The quantitative estimate of drug-likeness (QED) is 0.621. The lowest BCUT2D eigenvalue weighted by Crippen LogP contribution is -2.26. The molecule has 0 bridgehead atoms. The van der Waals surface area contributed by atoms with Crippen molar-refractivity contribution in [1.29, 1.82) is 0 Å². The Hall–Kier alpha value is -1.88. The Kier molecular flexibility index (Phi) is 6.40. The lowest BCUT2D eigenvalue weighted by atomic mass is 10.1. The molecule has 0 atom stereocenters. The van der Waals surface area contributed by atoms with Crippen molar-refractivity contribution in [2.24, 2.45) is 0 Å². The first-order chi connectivity index (χ1) is 10.6. The van der Waals surface area contributed by atoms with Crippen molar-refractivity contribution in [3.05, 3.63) is 65.7 Å². The number of carbonyl (C=O) groups is 1. The number of rotatable bonds is 7. The first-order valence-electron chi connectivity index (χ1n) is 7.03. The third-order valence-corrected chi connectivity index (χ3v) is 4.08. The summed E-state index contributed by atoms with van der Waals surface area (Å²) in [4.78, 5) is 12.7. The van der Waals surface area contributed by atoms with Gasteiger partial charge in [-0.1, -0.05) is 12.1 Å². The topological polar surface area (TPSA) is 29.1 Å². The monoisotopic (exact) mass is 321 g/mol. The van der Waals surface area contributed by atoms with E-state index in [1.807, 2.05) is 0 Å². The second-order valence-corrected chi connectivity index (χ2v) is 5.98. The van der Waals surface area contributed by atoms with Crippen LogP contribution in [0.3, 0.4) is 0 Å². The average Bonchev–Trinajstić information content (AvgIpc) is 2.49. The van der Waals surface area contributed by atoms with Gasteiger partial charge < -0.3 is 5.32 Å². The minimum atomic E-state index is -0.332. The standard InChI is InChI=1S/C17H17F2NOS/c18-14-5-7-16(8-6-14)22-10-2-9-20-17(21)12-13-3-1-4-15(19)11-13/h1,3-8,11H,2,9-10,12H2,(H,20,21). The van der Waals surface area contributed by atoms with Gasteiger partial charge in [0.15, 0.2) is 0 Å². The van der Waals surface area contributed by atoms with E-state index >= 15 is 0 Å². The van der Waals surface area contributed by atoms with Crippen LogP contribution in [0.4, 0.5) is 8.78 Å². The molecule has 0 saturated heterocycles. The van der Waals surface area contributed by atoms with Gasteiger partial charge in [0.2, 0.25) is 5.91 Å². The number of carbonyl (C=O) groups excluding carboxylic acids is 1. The van der Waals surface area contributed by atoms with Crippen LogP contribution in [-0.4, -0.2) is 18.2 Å². The molecule has 0 fully saturated rings. The molecule has 5 heteroatoms. The predicted octanol–water partition coefficient (Wildman–Crippen LogP) is 3.81. The maximum Gasteiger partial charge on any atom is 0.224 e. The third kappa shape index (κ3) is 5.85.